The summed E-state index contributed by atoms with van der Waals surface area (Å²) in [6, 6.07) is 0. The third-order valence-corrected chi connectivity index (χ3v) is 2.37. The van der Waals surface area contributed by atoms with E-state index in [1.54, 1.807) is 11.2 Å². The smallest absolute Gasteiger partial charge is 0.157 e. The lowest BCUT2D eigenvalue weighted by molar-refractivity contribution is 0.410. The van der Waals surface area contributed by atoms with Crippen LogP contribution in [-0.4, -0.2) is 33.2 Å². The van der Waals surface area contributed by atoms with Gasteiger partial charge in [-0.05, 0) is 0 Å². The second-order valence-electron chi connectivity index (χ2n) is 2.63. The Hall–Kier alpha value is -1.14. The van der Waals surface area contributed by atoms with Crippen molar-refractivity contribution >= 4 is 23.0 Å². The lowest BCUT2D eigenvalue weighted by atomic mass is 10.3. The molecule has 1 aliphatic heterocycles. The summed E-state index contributed by atoms with van der Waals surface area (Å²) in [6.07, 6.45) is 1.31. The first-order valence-corrected chi connectivity index (χ1v) is 3.93. The van der Waals surface area contributed by atoms with Crippen LogP contribution in [0.25, 0.3) is 0 Å². The van der Waals surface area contributed by atoms with Gasteiger partial charge >= 0.3 is 0 Å². The van der Waals surface area contributed by atoms with Gasteiger partial charge in [0, 0.05) is 7.05 Å². The van der Waals surface area contributed by atoms with Crippen molar-refractivity contribution < 1.29 is 0 Å². The summed E-state index contributed by atoms with van der Waals surface area (Å²) in [5, 5.41) is 2.99. The molecule has 12 heavy (non-hydrogen) atoms. The van der Waals surface area contributed by atoms with Gasteiger partial charge in [-0.1, -0.05) is 12.2 Å². The molecule has 0 saturated carbocycles. The van der Waals surface area contributed by atoms with Gasteiger partial charge in [0.05, 0.1) is 6.33 Å². The van der Waals surface area contributed by atoms with Crippen LogP contribution in [0.1, 0.15) is 5.69 Å². The molecule has 0 aliphatic carbocycles. The molecular formula is C6H9N5S. The molecule has 1 atom stereocenters. The number of anilines is 1. The zero-order valence-corrected chi connectivity index (χ0v) is 7.35. The predicted octanol–water partition coefficient (Wildman–Crippen LogP) is -0.315. The lowest BCUT2D eigenvalue weighted by Crippen LogP contribution is -2.51. The number of nitrogens with two attached hydrogens (primary N) is 1. The maximum absolute atomic E-state index is 5.72. The second-order valence-corrected chi connectivity index (χ2v) is 3.02. The van der Waals surface area contributed by atoms with Crippen molar-refractivity contribution in [2.45, 2.75) is 6.29 Å². The van der Waals surface area contributed by atoms with Gasteiger partial charge in [-0.2, -0.15) is 0 Å². The fourth-order valence-electron chi connectivity index (χ4n) is 1.11. The van der Waals surface area contributed by atoms with E-state index in [1.807, 2.05) is 7.05 Å². The Kier molecular flexibility index (Phi) is 1.52. The zero-order chi connectivity index (χ0) is 8.72. The van der Waals surface area contributed by atoms with Crippen molar-refractivity contribution in [3.8, 4) is 0 Å². The SMILES string of the molecule is CN1C(=S)c2[nH]cnc2NC1N. The summed E-state index contributed by atoms with van der Waals surface area (Å²) in [4.78, 5) is 9.44. The van der Waals surface area contributed by atoms with Crippen molar-refractivity contribution in [1.82, 2.24) is 14.9 Å². The molecule has 1 aliphatic rings. The molecule has 4 N–H and O–H groups in total. The van der Waals surface area contributed by atoms with Gasteiger partial charge in [-0.25, -0.2) is 4.98 Å². The van der Waals surface area contributed by atoms with Gasteiger partial charge in [0.15, 0.2) is 12.1 Å². The van der Waals surface area contributed by atoms with Crippen molar-refractivity contribution in [2.75, 3.05) is 12.4 Å². The Morgan fingerprint density at radius 1 is 1.75 bits per heavy atom. The molecule has 0 radical (unpaired) electrons. The molecule has 64 valence electrons. The van der Waals surface area contributed by atoms with Crippen LogP contribution < -0.4 is 11.1 Å². The van der Waals surface area contributed by atoms with Crippen LogP contribution in [0.2, 0.25) is 0 Å². The molecule has 0 spiro atoms. The molecule has 6 heteroatoms. The molecule has 0 fully saturated rings. The highest BCUT2D eigenvalue weighted by Crippen LogP contribution is 2.18. The first-order chi connectivity index (χ1) is 5.70. The average Bonchev–Trinajstić information content (AvgIpc) is 2.48. The average molecular weight is 183 g/mol. The number of imidazole rings is 1. The summed E-state index contributed by atoms with van der Waals surface area (Å²) in [6.45, 7) is 0. The Morgan fingerprint density at radius 3 is 3.25 bits per heavy atom. The van der Waals surface area contributed by atoms with Crippen LogP contribution in [0.4, 0.5) is 5.82 Å². The third kappa shape index (κ3) is 0.886. The van der Waals surface area contributed by atoms with E-state index in [4.69, 9.17) is 18.0 Å². The molecule has 0 bridgehead atoms. The number of H-pyrrole nitrogens is 1. The van der Waals surface area contributed by atoms with Crippen LogP contribution in [0.3, 0.4) is 0 Å². The number of aromatic amines is 1. The number of hydrogen-bond donors (Lipinski definition) is 3. The van der Waals surface area contributed by atoms with Gasteiger partial charge in [-0.3, -0.25) is 5.73 Å². The predicted molar refractivity (Wildman–Crippen MR) is 49.6 cm³/mol. The number of thiocarbonyl (C=S) groups is 1. The largest absolute Gasteiger partial charge is 0.341 e. The van der Waals surface area contributed by atoms with Crippen molar-refractivity contribution in [2.24, 2.45) is 5.73 Å². The Balaban J connectivity index is 2.46. The van der Waals surface area contributed by atoms with Crippen molar-refractivity contribution in [3.05, 3.63) is 12.0 Å². The Bertz CT molecular complexity index is 319. The van der Waals surface area contributed by atoms with Gasteiger partial charge in [-0.15, -0.1) is 0 Å². The van der Waals surface area contributed by atoms with Crippen LogP contribution in [0.15, 0.2) is 6.33 Å². The number of fused-ring (bicyclic) bond motifs is 1. The summed E-state index contributed by atoms with van der Waals surface area (Å²) < 4.78 is 0. The number of hydrogen-bond acceptors (Lipinski definition) is 4. The highest BCUT2D eigenvalue weighted by molar-refractivity contribution is 7.80. The molecule has 5 nitrogen and oxygen atoms in total. The maximum atomic E-state index is 5.72. The highest BCUT2D eigenvalue weighted by atomic mass is 32.1. The van der Waals surface area contributed by atoms with Crippen LogP contribution in [0, 0.1) is 0 Å². The summed E-state index contributed by atoms with van der Waals surface area (Å²) in [7, 11) is 1.84. The van der Waals surface area contributed by atoms with E-state index in [1.165, 1.54) is 0 Å². The van der Waals surface area contributed by atoms with Gasteiger partial charge < -0.3 is 15.2 Å². The maximum Gasteiger partial charge on any atom is 0.157 e. The number of aromatic nitrogens is 2. The lowest BCUT2D eigenvalue weighted by Gasteiger charge is -2.31. The Morgan fingerprint density at radius 2 is 2.50 bits per heavy atom. The fraction of sp³-hybridized carbons (Fsp3) is 0.333. The quantitative estimate of drug-likeness (QED) is 0.481. The molecule has 0 amide bonds. The normalized spacial score (nSPS) is 22.0. The highest BCUT2D eigenvalue weighted by Gasteiger charge is 2.25. The van der Waals surface area contributed by atoms with E-state index in [-0.39, 0.29) is 6.29 Å². The molecule has 1 aromatic heterocycles. The van der Waals surface area contributed by atoms with E-state index in [0.717, 1.165) is 11.5 Å². The van der Waals surface area contributed by atoms with E-state index >= 15 is 0 Å². The van der Waals surface area contributed by atoms with Crippen LogP contribution in [0.5, 0.6) is 0 Å². The zero-order valence-electron chi connectivity index (χ0n) is 6.53. The first kappa shape index (κ1) is 7.51. The van der Waals surface area contributed by atoms with Gasteiger partial charge in [0.2, 0.25) is 0 Å². The molecule has 2 rings (SSSR count). The van der Waals surface area contributed by atoms with Crippen molar-refractivity contribution in [3.63, 3.8) is 0 Å². The van der Waals surface area contributed by atoms with Crippen molar-refractivity contribution in [1.29, 1.82) is 0 Å². The molecule has 0 saturated heterocycles. The van der Waals surface area contributed by atoms with Crippen LogP contribution in [-0.2, 0) is 0 Å². The number of nitrogens with one attached hydrogen (secondary N) is 2. The monoisotopic (exact) mass is 183 g/mol. The molecule has 1 aromatic rings. The molecular weight excluding hydrogens is 174 g/mol. The summed E-state index contributed by atoms with van der Waals surface area (Å²) >= 11 is 5.15. The minimum absolute atomic E-state index is 0.284. The summed E-state index contributed by atoms with van der Waals surface area (Å²) in [5.74, 6) is 0.727. The third-order valence-electron chi connectivity index (χ3n) is 1.88. The van der Waals surface area contributed by atoms with E-state index in [0.29, 0.717) is 4.99 Å². The molecule has 2 heterocycles. The van der Waals surface area contributed by atoms with Gasteiger partial charge in [0.1, 0.15) is 10.7 Å². The fourth-order valence-corrected chi connectivity index (χ4v) is 1.38. The van der Waals surface area contributed by atoms with Crippen LogP contribution >= 0.6 is 12.2 Å². The van der Waals surface area contributed by atoms with E-state index in [2.05, 4.69) is 15.3 Å². The van der Waals surface area contributed by atoms with E-state index in [9.17, 15) is 0 Å². The minimum atomic E-state index is -0.284. The van der Waals surface area contributed by atoms with E-state index < -0.39 is 0 Å². The molecule has 0 aromatic carbocycles. The summed E-state index contributed by atoms with van der Waals surface area (Å²) in [5.41, 5.74) is 6.54. The number of nitrogens with zero attached hydrogens (tertiary/aromatic N) is 2. The topological polar surface area (TPSA) is 70.0 Å². The number of rotatable bonds is 0. The Labute approximate surface area is 75.0 Å². The second kappa shape index (κ2) is 2.43. The minimum Gasteiger partial charge on any atom is -0.341 e. The standard InChI is InChI=1S/C6H9N5S/c1-11-5(12)3-4(9-2-8-3)10-6(11)7/h2,6,10H,7H2,1H3,(H,8,9). The first-order valence-electron chi connectivity index (χ1n) is 3.53. The molecule has 1 unspecified atom stereocenters. The van der Waals surface area contributed by atoms with Gasteiger partial charge in [0.25, 0.3) is 0 Å².